The van der Waals surface area contributed by atoms with Crippen LogP contribution in [0.1, 0.15) is 25.3 Å². The largest absolute Gasteiger partial charge is 0.350 e. The SMILES string of the molecule is CC1(C(=O)NCc2ccc(Br)cc2)CCCN1. The lowest BCUT2D eigenvalue weighted by Crippen LogP contribution is -2.50. The molecule has 92 valence electrons. The quantitative estimate of drug-likeness (QED) is 0.898. The van der Waals surface area contributed by atoms with Crippen LogP contribution < -0.4 is 10.6 Å². The zero-order valence-electron chi connectivity index (χ0n) is 9.92. The van der Waals surface area contributed by atoms with Crippen LogP contribution in [0.15, 0.2) is 28.7 Å². The first-order valence-electron chi connectivity index (χ1n) is 5.88. The lowest BCUT2D eigenvalue weighted by Gasteiger charge is -2.23. The van der Waals surface area contributed by atoms with Gasteiger partial charge in [-0.25, -0.2) is 0 Å². The molecule has 3 nitrogen and oxygen atoms in total. The van der Waals surface area contributed by atoms with Crippen molar-refractivity contribution in [1.29, 1.82) is 0 Å². The van der Waals surface area contributed by atoms with Gasteiger partial charge in [0.05, 0.1) is 5.54 Å². The van der Waals surface area contributed by atoms with E-state index in [1.165, 1.54) is 0 Å². The molecule has 1 atom stereocenters. The average molecular weight is 297 g/mol. The Bertz CT molecular complexity index is 396. The third-order valence-electron chi connectivity index (χ3n) is 3.24. The van der Waals surface area contributed by atoms with Gasteiger partial charge in [0, 0.05) is 11.0 Å². The predicted octanol–water partition coefficient (Wildman–Crippen LogP) is 2.21. The third kappa shape index (κ3) is 3.07. The second-order valence-electron chi connectivity index (χ2n) is 4.67. The summed E-state index contributed by atoms with van der Waals surface area (Å²) in [6.45, 7) is 3.49. The number of carbonyl (C=O) groups is 1. The van der Waals surface area contributed by atoms with Crippen LogP contribution >= 0.6 is 15.9 Å². The molecule has 1 heterocycles. The van der Waals surface area contributed by atoms with Crippen LogP contribution in [0.5, 0.6) is 0 Å². The molecule has 0 bridgehead atoms. The van der Waals surface area contributed by atoms with Crippen molar-refractivity contribution >= 4 is 21.8 Å². The lowest BCUT2D eigenvalue weighted by atomic mass is 9.99. The van der Waals surface area contributed by atoms with E-state index in [1.807, 2.05) is 31.2 Å². The van der Waals surface area contributed by atoms with Crippen LogP contribution in [0.3, 0.4) is 0 Å². The highest BCUT2D eigenvalue weighted by Gasteiger charge is 2.35. The van der Waals surface area contributed by atoms with Crippen LogP contribution in [0.2, 0.25) is 0 Å². The van der Waals surface area contributed by atoms with Gasteiger partial charge < -0.3 is 10.6 Å². The fraction of sp³-hybridized carbons (Fsp3) is 0.462. The van der Waals surface area contributed by atoms with Gasteiger partial charge in [-0.2, -0.15) is 0 Å². The molecule has 1 aromatic rings. The second-order valence-corrected chi connectivity index (χ2v) is 5.59. The molecule has 1 fully saturated rings. The van der Waals surface area contributed by atoms with Gasteiger partial charge in [-0.3, -0.25) is 4.79 Å². The lowest BCUT2D eigenvalue weighted by molar-refractivity contribution is -0.126. The normalized spacial score (nSPS) is 23.6. The summed E-state index contributed by atoms with van der Waals surface area (Å²) in [5.41, 5.74) is 0.734. The van der Waals surface area contributed by atoms with Gasteiger partial charge in [0.1, 0.15) is 0 Å². The van der Waals surface area contributed by atoms with Crippen molar-refractivity contribution in [3.63, 3.8) is 0 Å². The molecular formula is C13H17BrN2O. The number of rotatable bonds is 3. The smallest absolute Gasteiger partial charge is 0.240 e. The Morgan fingerprint density at radius 3 is 2.76 bits per heavy atom. The Morgan fingerprint density at radius 2 is 2.18 bits per heavy atom. The molecule has 2 N–H and O–H groups in total. The zero-order valence-corrected chi connectivity index (χ0v) is 11.5. The van der Waals surface area contributed by atoms with Crippen LogP contribution in [0.25, 0.3) is 0 Å². The van der Waals surface area contributed by atoms with Gasteiger partial charge in [0.2, 0.25) is 5.91 Å². The molecule has 1 saturated heterocycles. The summed E-state index contributed by atoms with van der Waals surface area (Å²) < 4.78 is 1.05. The van der Waals surface area contributed by atoms with Crippen LogP contribution in [0, 0.1) is 0 Å². The summed E-state index contributed by atoms with van der Waals surface area (Å²) in [5.74, 6) is 0.0953. The van der Waals surface area contributed by atoms with E-state index in [0.717, 1.165) is 29.4 Å². The minimum absolute atomic E-state index is 0.0953. The molecule has 2 rings (SSSR count). The molecule has 17 heavy (non-hydrogen) atoms. The maximum atomic E-state index is 12.0. The van der Waals surface area contributed by atoms with Crippen molar-refractivity contribution in [3.8, 4) is 0 Å². The minimum Gasteiger partial charge on any atom is -0.350 e. The van der Waals surface area contributed by atoms with Crippen molar-refractivity contribution in [2.24, 2.45) is 0 Å². The minimum atomic E-state index is -0.380. The Kier molecular flexibility index (Phi) is 3.84. The van der Waals surface area contributed by atoms with Crippen LogP contribution in [-0.2, 0) is 11.3 Å². The fourth-order valence-corrected chi connectivity index (χ4v) is 2.33. The summed E-state index contributed by atoms with van der Waals surface area (Å²) >= 11 is 3.39. The standard InChI is InChI=1S/C13H17BrN2O/c1-13(7-2-8-16-13)12(17)15-9-10-3-5-11(14)6-4-10/h3-6,16H,2,7-9H2,1H3,(H,15,17). The number of carbonyl (C=O) groups excluding carboxylic acids is 1. The number of benzene rings is 1. The van der Waals surface area contributed by atoms with E-state index < -0.39 is 0 Å². The zero-order chi connectivity index (χ0) is 12.3. The van der Waals surface area contributed by atoms with Crippen molar-refractivity contribution in [2.45, 2.75) is 31.8 Å². The molecule has 1 amide bonds. The van der Waals surface area contributed by atoms with Crippen molar-refractivity contribution < 1.29 is 4.79 Å². The molecule has 1 aliphatic rings. The van der Waals surface area contributed by atoms with Gasteiger partial charge in [-0.15, -0.1) is 0 Å². The van der Waals surface area contributed by atoms with Gasteiger partial charge in [0.25, 0.3) is 0 Å². The first-order chi connectivity index (χ1) is 8.10. The third-order valence-corrected chi connectivity index (χ3v) is 3.76. The monoisotopic (exact) mass is 296 g/mol. The van der Waals surface area contributed by atoms with Gasteiger partial charge >= 0.3 is 0 Å². The molecule has 0 radical (unpaired) electrons. The Labute approximate surface area is 110 Å². The van der Waals surface area contributed by atoms with Crippen LogP contribution in [0.4, 0.5) is 0 Å². The maximum absolute atomic E-state index is 12.0. The summed E-state index contributed by atoms with van der Waals surface area (Å²) in [5, 5.41) is 6.24. The maximum Gasteiger partial charge on any atom is 0.240 e. The second kappa shape index (κ2) is 5.19. The van der Waals surface area contributed by atoms with Gasteiger partial charge in [-0.05, 0) is 44.0 Å². The predicted molar refractivity (Wildman–Crippen MR) is 71.6 cm³/mol. The van der Waals surface area contributed by atoms with Crippen molar-refractivity contribution in [2.75, 3.05) is 6.54 Å². The highest BCUT2D eigenvalue weighted by molar-refractivity contribution is 9.10. The summed E-state index contributed by atoms with van der Waals surface area (Å²) in [6.07, 6.45) is 1.99. The highest BCUT2D eigenvalue weighted by Crippen LogP contribution is 2.18. The molecule has 1 aromatic carbocycles. The molecule has 1 unspecified atom stereocenters. The Balaban J connectivity index is 1.89. The van der Waals surface area contributed by atoms with E-state index in [2.05, 4.69) is 26.6 Å². The van der Waals surface area contributed by atoms with Gasteiger partial charge in [-0.1, -0.05) is 28.1 Å². The van der Waals surface area contributed by atoms with Crippen LogP contribution in [-0.4, -0.2) is 18.0 Å². The molecule has 0 aliphatic carbocycles. The van der Waals surface area contributed by atoms with E-state index in [4.69, 9.17) is 0 Å². The van der Waals surface area contributed by atoms with E-state index in [-0.39, 0.29) is 11.4 Å². The Hall–Kier alpha value is -0.870. The molecule has 0 spiro atoms. The van der Waals surface area contributed by atoms with E-state index in [9.17, 15) is 4.79 Å². The van der Waals surface area contributed by atoms with E-state index in [0.29, 0.717) is 6.54 Å². The fourth-order valence-electron chi connectivity index (χ4n) is 2.07. The van der Waals surface area contributed by atoms with Crippen molar-refractivity contribution in [1.82, 2.24) is 10.6 Å². The number of nitrogens with one attached hydrogen (secondary N) is 2. The number of amides is 1. The number of hydrogen-bond donors (Lipinski definition) is 2. The molecule has 0 saturated carbocycles. The summed E-state index contributed by atoms with van der Waals surface area (Å²) in [7, 11) is 0. The Morgan fingerprint density at radius 1 is 1.47 bits per heavy atom. The van der Waals surface area contributed by atoms with E-state index in [1.54, 1.807) is 0 Å². The molecule has 4 heteroatoms. The molecule has 1 aliphatic heterocycles. The van der Waals surface area contributed by atoms with E-state index >= 15 is 0 Å². The summed E-state index contributed by atoms with van der Waals surface area (Å²) in [4.78, 5) is 12.0. The first kappa shape index (κ1) is 12.6. The van der Waals surface area contributed by atoms with Gasteiger partial charge in [0.15, 0.2) is 0 Å². The van der Waals surface area contributed by atoms with Crippen molar-refractivity contribution in [3.05, 3.63) is 34.3 Å². The average Bonchev–Trinajstić information content (AvgIpc) is 2.76. The topological polar surface area (TPSA) is 41.1 Å². The molecular weight excluding hydrogens is 280 g/mol. The number of halogens is 1. The summed E-state index contributed by atoms with van der Waals surface area (Å²) in [6, 6.07) is 7.98. The first-order valence-corrected chi connectivity index (χ1v) is 6.67. The highest BCUT2D eigenvalue weighted by atomic mass is 79.9. The number of hydrogen-bond acceptors (Lipinski definition) is 2. The molecule has 0 aromatic heterocycles.